The summed E-state index contributed by atoms with van der Waals surface area (Å²) >= 11 is 2.87. The number of carbonyl (C=O) groups excluding carboxylic acids is 3. The second-order valence-corrected chi connectivity index (χ2v) is 15.4. The van der Waals surface area contributed by atoms with Gasteiger partial charge in [0.05, 0.1) is 32.1 Å². The highest BCUT2D eigenvalue weighted by molar-refractivity contribution is 8.00. The van der Waals surface area contributed by atoms with Gasteiger partial charge in [-0.05, 0) is 85.2 Å². The van der Waals surface area contributed by atoms with E-state index < -0.39 is 17.1 Å². The fraction of sp³-hybridized carbons (Fsp3) is 0.227. The number of hydrogen-bond donors (Lipinski definition) is 3. The van der Waals surface area contributed by atoms with E-state index in [0.717, 1.165) is 34.6 Å². The predicted octanol–water partition coefficient (Wildman–Crippen LogP) is 8.84. The zero-order valence-electron chi connectivity index (χ0n) is 31.5. The molecule has 0 fully saturated rings. The van der Waals surface area contributed by atoms with Crippen LogP contribution < -0.4 is 30.2 Å². The van der Waals surface area contributed by atoms with Crippen LogP contribution in [0.1, 0.15) is 63.2 Å². The van der Waals surface area contributed by atoms with Gasteiger partial charge in [-0.15, -0.1) is 23.1 Å². The highest BCUT2D eigenvalue weighted by atomic mass is 32.2. The van der Waals surface area contributed by atoms with Crippen LogP contribution in [-0.4, -0.2) is 44.3 Å². The van der Waals surface area contributed by atoms with Gasteiger partial charge in [-0.2, -0.15) is 5.26 Å². The van der Waals surface area contributed by atoms with Crippen molar-refractivity contribution in [2.24, 2.45) is 0 Å². The molecular formula is C44H42N4O6S2. The number of rotatable bonds is 14. The molecule has 1 aliphatic rings. The second kappa shape index (κ2) is 18.5. The van der Waals surface area contributed by atoms with E-state index in [4.69, 9.17) is 14.2 Å². The Morgan fingerprint density at radius 3 is 2.27 bits per heavy atom. The van der Waals surface area contributed by atoms with Crippen molar-refractivity contribution in [1.82, 2.24) is 5.32 Å². The normalized spacial score (nSPS) is 14.1. The van der Waals surface area contributed by atoms with Crippen LogP contribution in [-0.2, 0) is 22.4 Å². The number of benzene rings is 4. The van der Waals surface area contributed by atoms with Crippen molar-refractivity contribution in [3.05, 3.63) is 135 Å². The lowest BCUT2D eigenvalue weighted by molar-refractivity contribution is -0.116. The Labute approximate surface area is 334 Å². The Morgan fingerprint density at radius 1 is 0.893 bits per heavy atom. The molecule has 1 aromatic heterocycles. The van der Waals surface area contributed by atoms with Crippen LogP contribution in [0.2, 0.25) is 0 Å². The Balaban J connectivity index is 1.19. The molecule has 0 saturated carbocycles. The fourth-order valence-electron chi connectivity index (χ4n) is 6.59. The zero-order chi connectivity index (χ0) is 39.6. The minimum Gasteiger partial charge on any atom is -0.496 e. The summed E-state index contributed by atoms with van der Waals surface area (Å²) in [5.74, 6) is 0.362. The van der Waals surface area contributed by atoms with Crippen LogP contribution in [0.4, 0.5) is 10.7 Å². The summed E-state index contributed by atoms with van der Waals surface area (Å²) in [7, 11) is 4.50. The molecule has 2 unspecified atom stereocenters. The lowest BCUT2D eigenvalue weighted by Gasteiger charge is -2.22. The lowest BCUT2D eigenvalue weighted by atomic mass is 9.83. The molecule has 1 heterocycles. The van der Waals surface area contributed by atoms with E-state index in [1.54, 1.807) is 60.7 Å². The van der Waals surface area contributed by atoms with Gasteiger partial charge in [0.15, 0.2) is 11.5 Å². The summed E-state index contributed by atoms with van der Waals surface area (Å²) < 4.78 is 16.5. The standard InChI is InChI=1S/C44H42N4O6S2/c1-5-39(43(51)48-44-34(26-45)33-20-19-29(23-40(33)56-44)27-13-8-6-9-14-27)55-32-18-12-17-31(24-32)46-42(50)35(47-41(49)28-15-10-7-11-16-28)21-30-22-37(53-3)38(54-4)25-36(30)52-2/h6-18,21-22,24-25,29,39H,5,19-20,23H2,1-4H3,(H,46,50)(H,47,49)(H,48,51)/b35-21+. The van der Waals surface area contributed by atoms with Crippen molar-refractivity contribution in [3.63, 3.8) is 0 Å². The molecule has 5 aromatic rings. The summed E-state index contributed by atoms with van der Waals surface area (Å²) in [6, 6.07) is 31.8. The van der Waals surface area contributed by atoms with Crippen LogP contribution in [0.15, 0.2) is 108 Å². The smallest absolute Gasteiger partial charge is 0.272 e. The number of fused-ring (bicyclic) bond motifs is 1. The molecule has 3 N–H and O–H groups in total. The molecule has 6 rings (SSSR count). The third-order valence-electron chi connectivity index (χ3n) is 9.48. The number of thioether (sulfide) groups is 1. The monoisotopic (exact) mass is 786 g/mol. The number of nitrogens with one attached hydrogen (secondary N) is 3. The number of amides is 3. The van der Waals surface area contributed by atoms with Gasteiger partial charge in [0.2, 0.25) is 5.91 Å². The molecule has 2 atom stereocenters. The molecule has 0 spiro atoms. The number of hydrogen-bond acceptors (Lipinski definition) is 9. The molecule has 0 bridgehead atoms. The average Bonchev–Trinajstić information content (AvgIpc) is 3.58. The molecule has 286 valence electrons. The van der Waals surface area contributed by atoms with Gasteiger partial charge >= 0.3 is 0 Å². The Bertz CT molecular complexity index is 2280. The zero-order valence-corrected chi connectivity index (χ0v) is 33.1. The maximum absolute atomic E-state index is 13.9. The summed E-state index contributed by atoms with van der Waals surface area (Å²) in [6.45, 7) is 1.94. The highest BCUT2D eigenvalue weighted by Crippen LogP contribution is 2.43. The Hall–Kier alpha value is -6.03. The van der Waals surface area contributed by atoms with Gasteiger partial charge < -0.3 is 30.2 Å². The van der Waals surface area contributed by atoms with Crippen molar-refractivity contribution >= 4 is 57.6 Å². The average molecular weight is 787 g/mol. The van der Waals surface area contributed by atoms with Crippen LogP contribution in [0.25, 0.3) is 6.08 Å². The molecule has 12 heteroatoms. The van der Waals surface area contributed by atoms with Crippen molar-refractivity contribution in [2.75, 3.05) is 32.0 Å². The third kappa shape index (κ3) is 9.25. The molecule has 1 aliphatic carbocycles. The van der Waals surface area contributed by atoms with Gasteiger partial charge in [0, 0.05) is 32.7 Å². The van der Waals surface area contributed by atoms with E-state index in [-0.39, 0.29) is 11.6 Å². The maximum Gasteiger partial charge on any atom is 0.272 e. The van der Waals surface area contributed by atoms with Crippen molar-refractivity contribution < 1.29 is 28.6 Å². The van der Waals surface area contributed by atoms with Crippen LogP contribution in [0, 0.1) is 11.3 Å². The van der Waals surface area contributed by atoms with E-state index in [1.807, 2.05) is 19.1 Å². The lowest BCUT2D eigenvalue weighted by Crippen LogP contribution is -2.30. The van der Waals surface area contributed by atoms with E-state index in [2.05, 4.69) is 46.3 Å². The topological polar surface area (TPSA) is 139 Å². The number of nitrogens with zero attached hydrogens (tertiary/aromatic N) is 1. The first-order valence-corrected chi connectivity index (χ1v) is 19.8. The van der Waals surface area contributed by atoms with E-state index in [0.29, 0.717) is 57.0 Å². The second-order valence-electron chi connectivity index (χ2n) is 13.0. The quantitative estimate of drug-likeness (QED) is 0.0750. The number of methoxy groups -OCH3 is 3. The minimum absolute atomic E-state index is 0.0460. The Morgan fingerprint density at radius 2 is 1.59 bits per heavy atom. The first-order valence-electron chi connectivity index (χ1n) is 18.1. The minimum atomic E-state index is -0.585. The molecule has 4 aromatic carbocycles. The summed E-state index contributed by atoms with van der Waals surface area (Å²) in [5, 5.41) is 19.0. The van der Waals surface area contributed by atoms with Crippen LogP contribution >= 0.6 is 23.1 Å². The molecular weight excluding hydrogens is 745 g/mol. The first kappa shape index (κ1) is 39.7. The number of ether oxygens (including phenoxy) is 3. The largest absolute Gasteiger partial charge is 0.496 e. The predicted molar refractivity (Wildman–Crippen MR) is 222 cm³/mol. The van der Waals surface area contributed by atoms with Crippen molar-refractivity contribution in [1.29, 1.82) is 5.26 Å². The van der Waals surface area contributed by atoms with Gasteiger partial charge in [-0.25, -0.2) is 0 Å². The fourth-order valence-corrected chi connectivity index (χ4v) is 8.88. The molecule has 3 amide bonds. The van der Waals surface area contributed by atoms with Gasteiger partial charge in [-0.1, -0.05) is 61.5 Å². The van der Waals surface area contributed by atoms with Crippen molar-refractivity contribution in [3.8, 4) is 23.3 Å². The Kier molecular flexibility index (Phi) is 13.1. The molecule has 56 heavy (non-hydrogen) atoms. The van der Waals surface area contributed by atoms with Crippen molar-refractivity contribution in [2.45, 2.75) is 48.7 Å². The molecule has 0 aliphatic heterocycles. The van der Waals surface area contributed by atoms with Gasteiger partial charge in [0.25, 0.3) is 11.8 Å². The van der Waals surface area contributed by atoms with Crippen LogP contribution in [0.3, 0.4) is 0 Å². The van der Waals surface area contributed by atoms with E-state index >= 15 is 0 Å². The third-order valence-corrected chi connectivity index (χ3v) is 12.0. The van der Waals surface area contributed by atoms with Gasteiger partial charge in [0.1, 0.15) is 22.5 Å². The maximum atomic E-state index is 13.9. The van der Waals surface area contributed by atoms with E-state index in [9.17, 15) is 19.6 Å². The number of nitriles is 1. The summed E-state index contributed by atoms with van der Waals surface area (Å²) in [6.07, 6.45) is 4.63. The summed E-state index contributed by atoms with van der Waals surface area (Å²) in [4.78, 5) is 42.8. The molecule has 0 radical (unpaired) electrons. The summed E-state index contributed by atoms with van der Waals surface area (Å²) in [5.41, 5.74) is 4.14. The number of thiophene rings is 1. The molecule has 10 nitrogen and oxygen atoms in total. The molecule has 0 saturated heterocycles. The van der Waals surface area contributed by atoms with Crippen LogP contribution in [0.5, 0.6) is 17.2 Å². The van der Waals surface area contributed by atoms with E-state index in [1.165, 1.54) is 56.1 Å². The van der Waals surface area contributed by atoms with Gasteiger partial charge in [-0.3, -0.25) is 14.4 Å². The first-order chi connectivity index (χ1) is 27.2. The highest BCUT2D eigenvalue weighted by Gasteiger charge is 2.29. The number of anilines is 2. The SMILES string of the molecule is CCC(Sc1cccc(NC(=O)/C(=C\c2cc(OC)c(OC)cc2OC)NC(=O)c2ccccc2)c1)C(=O)Nc1sc2c(c1C#N)CCC(c1ccccc1)C2. The number of carbonyl (C=O) groups is 3.